The molecule has 0 aromatic carbocycles. The van der Waals surface area contributed by atoms with Crippen LogP contribution in [0.5, 0.6) is 0 Å². The van der Waals surface area contributed by atoms with Crippen molar-refractivity contribution in [2.45, 2.75) is 19.3 Å². The standard InChI is InChI=1S/C5H6F4O2/c1-3(6)2-11-4(10)5(7,8)9/h3H,2H2,1H3. The van der Waals surface area contributed by atoms with Crippen LogP contribution in [0, 0.1) is 0 Å². The van der Waals surface area contributed by atoms with Crippen molar-refractivity contribution < 1.29 is 27.1 Å². The molecule has 1 atom stereocenters. The molecule has 0 aliphatic carbocycles. The second-order valence-electron chi connectivity index (χ2n) is 1.88. The summed E-state index contributed by atoms with van der Waals surface area (Å²) in [5, 5.41) is 0. The average molecular weight is 174 g/mol. The second-order valence-corrected chi connectivity index (χ2v) is 1.88. The zero-order chi connectivity index (χ0) is 9.07. The lowest BCUT2D eigenvalue weighted by molar-refractivity contribution is -0.200. The molecule has 0 amide bonds. The fourth-order valence-electron chi connectivity index (χ4n) is 0.272. The van der Waals surface area contributed by atoms with Gasteiger partial charge in [-0.05, 0) is 6.92 Å². The van der Waals surface area contributed by atoms with Crippen molar-refractivity contribution in [2.75, 3.05) is 6.61 Å². The van der Waals surface area contributed by atoms with E-state index in [9.17, 15) is 22.4 Å². The van der Waals surface area contributed by atoms with Crippen molar-refractivity contribution in [3.8, 4) is 0 Å². The first kappa shape index (κ1) is 10.2. The number of rotatable bonds is 2. The van der Waals surface area contributed by atoms with E-state index in [0.29, 0.717) is 0 Å². The van der Waals surface area contributed by atoms with Crippen LogP contribution in [0.25, 0.3) is 0 Å². The minimum absolute atomic E-state index is 0.863. The largest absolute Gasteiger partial charge is 0.490 e. The molecule has 0 aromatic heterocycles. The molecular formula is C5H6F4O2. The zero-order valence-corrected chi connectivity index (χ0v) is 5.61. The van der Waals surface area contributed by atoms with E-state index in [-0.39, 0.29) is 0 Å². The molecule has 0 aliphatic heterocycles. The van der Waals surface area contributed by atoms with Crippen LogP contribution < -0.4 is 0 Å². The Hall–Kier alpha value is -0.810. The minimum atomic E-state index is -5.03. The number of carbonyl (C=O) groups is 1. The van der Waals surface area contributed by atoms with E-state index in [1.165, 1.54) is 0 Å². The third kappa shape index (κ3) is 4.58. The first-order chi connectivity index (χ1) is 4.84. The fraction of sp³-hybridized carbons (Fsp3) is 0.800. The van der Waals surface area contributed by atoms with Gasteiger partial charge in [-0.1, -0.05) is 0 Å². The van der Waals surface area contributed by atoms with Gasteiger partial charge < -0.3 is 4.74 Å². The molecule has 66 valence electrons. The predicted molar refractivity (Wildman–Crippen MR) is 27.6 cm³/mol. The van der Waals surface area contributed by atoms with Gasteiger partial charge >= 0.3 is 12.1 Å². The van der Waals surface area contributed by atoms with Gasteiger partial charge in [0.05, 0.1) is 0 Å². The number of hydrogen-bond acceptors (Lipinski definition) is 2. The SMILES string of the molecule is CC(F)COC(=O)C(F)(F)F. The van der Waals surface area contributed by atoms with Crippen LogP contribution in [-0.4, -0.2) is 24.9 Å². The summed E-state index contributed by atoms with van der Waals surface area (Å²) in [4.78, 5) is 9.86. The second kappa shape index (κ2) is 3.54. The predicted octanol–water partition coefficient (Wildman–Crippen LogP) is 1.45. The molecule has 0 spiro atoms. The van der Waals surface area contributed by atoms with E-state index in [0.717, 1.165) is 6.92 Å². The van der Waals surface area contributed by atoms with E-state index in [2.05, 4.69) is 4.74 Å². The topological polar surface area (TPSA) is 26.3 Å². The third-order valence-corrected chi connectivity index (χ3v) is 0.676. The minimum Gasteiger partial charge on any atom is -0.456 e. The summed E-state index contributed by atoms with van der Waals surface area (Å²) in [6, 6.07) is 0. The van der Waals surface area contributed by atoms with Crippen molar-refractivity contribution >= 4 is 5.97 Å². The summed E-state index contributed by atoms with van der Waals surface area (Å²) in [7, 11) is 0. The first-order valence-electron chi connectivity index (χ1n) is 2.72. The van der Waals surface area contributed by atoms with E-state index in [1.807, 2.05) is 0 Å². The van der Waals surface area contributed by atoms with Gasteiger partial charge in [-0.15, -0.1) is 0 Å². The molecule has 6 heteroatoms. The Morgan fingerprint density at radius 1 is 1.55 bits per heavy atom. The number of carbonyl (C=O) groups excluding carboxylic acids is 1. The van der Waals surface area contributed by atoms with E-state index in [1.54, 1.807) is 0 Å². The molecule has 0 aliphatic rings. The molecule has 0 saturated carbocycles. The van der Waals surface area contributed by atoms with Gasteiger partial charge in [0.2, 0.25) is 0 Å². The lowest BCUT2D eigenvalue weighted by Crippen LogP contribution is -2.27. The molecule has 2 nitrogen and oxygen atoms in total. The maximum atomic E-state index is 11.8. The molecule has 1 unspecified atom stereocenters. The Labute approximate surface area is 60.1 Å². The number of hydrogen-bond donors (Lipinski definition) is 0. The maximum absolute atomic E-state index is 11.8. The van der Waals surface area contributed by atoms with Crippen LogP contribution in [0.4, 0.5) is 17.6 Å². The Kier molecular flexibility index (Phi) is 3.28. The maximum Gasteiger partial charge on any atom is 0.490 e. The smallest absolute Gasteiger partial charge is 0.456 e. The Morgan fingerprint density at radius 3 is 2.27 bits per heavy atom. The summed E-state index contributed by atoms with van der Waals surface area (Å²) < 4.78 is 49.2. The highest BCUT2D eigenvalue weighted by Gasteiger charge is 2.41. The molecule has 11 heavy (non-hydrogen) atoms. The monoisotopic (exact) mass is 174 g/mol. The highest BCUT2D eigenvalue weighted by atomic mass is 19.4. The van der Waals surface area contributed by atoms with Crippen molar-refractivity contribution in [1.29, 1.82) is 0 Å². The third-order valence-electron chi connectivity index (χ3n) is 0.676. The number of alkyl halides is 4. The quantitative estimate of drug-likeness (QED) is 0.467. The van der Waals surface area contributed by atoms with Crippen LogP contribution in [0.3, 0.4) is 0 Å². The van der Waals surface area contributed by atoms with E-state index < -0.39 is 24.9 Å². The van der Waals surface area contributed by atoms with Gasteiger partial charge in [0.25, 0.3) is 0 Å². The van der Waals surface area contributed by atoms with E-state index >= 15 is 0 Å². The number of esters is 1. The first-order valence-corrected chi connectivity index (χ1v) is 2.72. The van der Waals surface area contributed by atoms with Crippen molar-refractivity contribution in [2.24, 2.45) is 0 Å². The molecule has 0 bridgehead atoms. The van der Waals surface area contributed by atoms with Gasteiger partial charge in [0.1, 0.15) is 12.8 Å². The van der Waals surface area contributed by atoms with Crippen molar-refractivity contribution in [3.63, 3.8) is 0 Å². The van der Waals surface area contributed by atoms with Crippen LogP contribution in [0.15, 0.2) is 0 Å². The highest BCUT2D eigenvalue weighted by molar-refractivity contribution is 5.75. The molecule has 0 radical (unpaired) electrons. The van der Waals surface area contributed by atoms with Gasteiger partial charge in [0, 0.05) is 0 Å². The number of halogens is 4. The highest BCUT2D eigenvalue weighted by Crippen LogP contribution is 2.16. The lowest BCUT2D eigenvalue weighted by Gasteiger charge is -2.06. The summed E-state index contributed by atoms with van der Waals surface area (Å²) in [6.45, 7) is 0.127. The van der Waals surface area contributed by atoms with Crippen molar-refractivity contribution in [1.82, 2.24) is 0 Å². The van der Waals surface area contributed by atoms with Gasteiger partial charge in [-0.3, -0.25) is 0 Å². The summed E-state index contributed by atoms with van der Waals surface area (Å²) in [5.74, 6) is -2.36. The zero-order valence-electron chi connectivity index (χ0n) is 5.61. The van der Waals surface area contributed by atoms with Crippen LogP contribution in [0.2, 0.25) is 0 Å². The molecule has 0 rings (SSSR count). The Balaban J connectivity index is 3.71. The van der Waals surface area contributed by atoms with Gasteiger partial charge in [-0.25, -0.2) is 9.18 Å². The van der Waals surface area contributed by atoms with Crippen LogP contribution in [-0.2, 0) is 9.53 Å². The lowest BCUT2D eigenvalue weighted by atomic mass is 10.5. The molecule has 0 aromatic rings. The Morgan fingerprint density at radius 2 is 2.00 bits per heavy atom. The average Bonchev–Trinajstić information content (AvgIpc) is 1.80. The summed E-state index contributed by atoms with van der Waals surface area (Å²) in [5.41, 5.74) is 0. The number of ether oxygens (including phenoxy) is 1. The molecule has 0 N–H and O–H groups in total. The van der Waals surface area contributed by atoms with Gasteiger partial charge in [0.15, 0.2) is 0 Å². The Bertz CT molecular complexity index is 140. The van der Waals surface area contributed by atoms with Crippen LogP contribution in [0.1, 0.15) is 6.92 Å². The summed E-state index contributed by atoms with van der Waals surface area (Å²) >= 11 is 0. The fourth-order valence-corrected chi connectivity index (χ4v) is 0.272. The molecule has 0 fully saturated rings. The van der Waals surface area contributed by atoms with Gasteiger partial charge in [-0.2, -0.15) is 13.2 Å². The van der Waals surface area contributed by atoms with Crippen LogP contribution >= 0.6 is 0 Å². The summed E-state index contributed by atoms with van der Waals surface area (Å²) in [6.07, 6.45) is -6.61. The molecule has 0 heterocycles. The molecular weight excluding hydrogens is 168 g/mol. The van der Waals surface area contributed by atoms with Crippen molar-refractivity contribution in [3.05, 3.63) is 0 Å². The molecule has 0 saturated heterocycles. The van der Waals surface area contributed by atoms with E-state index in [4.69, 9.17) is 0 Å². The normalized spacial score (nSPS) is 14.3.